The third-order valence-corrected chi connectivity index (χ3v) is 3.59. The van der Waals surface area contributed by atoms with Gasteiger partial charge in [0, 0.05) is 17.8 Å². The summed E-state index contributed by atoms with van der Waals surface area (Å²) < 4.78 is 0. The summed E-state index contributed by atoms with van der Waals surface area (Å²) in [5.41, 5.74) is 1.96. The van der Waals surface area contributed by atoms with E-state index < -0.39 is 0 Å². The topological polar surface area (TPSA) is 69.6 Å². The number of carbonyl (C=O) groups is 2. The molecule has 0 bridgehead atoms. The van der Waals surface area contributed by atoms with Gasteiger partial charge in [-0.3, -0.25) is 4.79 Å². The number of anilines is 1. The number of carbonyl (C=O) groups excluding carboxylic acids is 2. The third-order valence-electron chi connectivity index (χ3n) is 3.59. The van der Waals surface area contributed by atoms with Gasteiger partial charge < -0.3 is 15.3 Å². The average molecular weight is 262 g/mol. The summed E-state index contributed by atoms with van der Waals surface area (Å²) in [5, 5.41) is 12.0. The molecule has 19 heavy (non-hydrogen) atoms. The Kier molecular flexibility index (Phi) is 4.16. The van der Waals surface area contributed by atoms with Crippen LogP contribution in [0.15, 0.2) is 18.2 Å². The molecule has 1 aromatic carbocycles. The molecule has 1 heterocycles. The molecule has 102 valence electrons. The number of nitrogens with one attached hydrogen (secondary N) is 1. The van der Waals surface area contributed by atoms with Crippen LogP contribution in [0.1, 0.15) is 28.8 Å². The summed E-state index contributed by atoms with van der Waals surface area (Å²) in [4.78, 5) is 24.7. The zero-order chi connectivity index (χ0) is 13.8. The number of aldehydes is 1. The number of hydrogen-bond acceptors (Lipinski definition) is 3. The number of rotatable bonds is 3. The van der Waals surface area contributed by atoms with Crippen LogP contribution >= 0.6 is 0 Å². The lowest BCUT2D eigenvalue weighted by atomic mass is 10.1. The summed E-state index contributed by atoms with van der Waals surface area (Å²) in [5.74, 6) is 0. The van der Waals surface area contributed by atoms with E-state index in [9.17, 15) is 14.7 Å². The van der Waals surface area contributed by atoms with Crippen molar-refractivity contribution < 1.29 is 14.7 Å². The van der Waals surface area contributed by atoms with Crippen LogP contribution in [-0.2, 0) is 0 Å². The molecule has 1 fully saturated rings. The van der Waals surface area contributed by atoms with Crippen LogP contribution in [0, 0.1) is 6.92 Å². The SMILES string of the molecule is Cc1c(C=O)cccc1NC(=O)N1CCC[C@H]1CO. The van der Waals surface area contributed by atoms with Gasteiger partial charge in [0.25, 0.3) is 0 Å². The molecule has 0 aromatic heterocycles. The van der Waals surface area contributed by atoms with Crippen LogP contribution in [0.4, 0.5) is 10.5 Å². The molecule has 2 N–H and O–H groups in total. The van der Waals surface area contributed by atoms with Crippen molar-refractivity contribution in [1.82, 2.24) is 4.90 Å². The molecule has 0 unspecified atom stereocenters. The van der Waals surface area contributed by atoms with Crippen molar-refractivity contribution in [2.75, 3.05) is 18.5 Å². The molecule has 1 aliphatic rings. The molecular formula is C14H18N2O3. The molecule has 1 aliphatic heterocycles. The Morgan fingerprint density at radius 1 is 1.58 bits per heavy atom. The van der Waals surface area contributed by atoms with Crippen LogP contribution in [0.3, 0.4) is 0 Å². The van der Waals surface area contributed by atoms with Gasteiger partial charge in [-0.05, 0) is 31.4 Å². The first kappa shape index (κ1) is 13.5. The maximum Gasteiger partial charge on any atom is 0.322 e. The molecule has 2 amide bonds. The summed E-state index contributed by atoms with van der Waals surface area (Å²) in [6, 6.07) is 4.89. The van der Waals surface area contributed by atoms with Crippen molar-refractivity contribution in [2.45, 2.75) is 25.8 Å². The molecule has 0 radical (unpaired) electrons. The van der Waals surface area contributed by atoms with Crippen LogP contribution in [0.2, 0.25) is 0 Å². The highest BCUT2D eigenvalue weighted by Crippen LogP contribution is 2.21. The number of benzene rings is 1. The maximum atomic E-state index is 12.2. The monoisotopic (exact) mass is 262 g/mol. The highest BCUT2D eigenvalue weighted by molar-refractivity contribution is 5.92. The van der Waals surface area contributed by atoms with Crippen molar-refractivity contribution >= 4 is 18.0 Å². The maximum absolute atomic E-state index is 12.2. The van der Waals surface area contributed by atoms with E-state index in [1.807, 2.05) is 0 Å². The summed E-state index contributed by atoms with van der Waals surface area (Å²) in [6.07, 6.45) is 2.51. The highest BCUT2D eigenvalue weighted by atomic mass is 16.3. The van der Waals surface area contributed by atoms with E-state index in [2.05, 4.69) is 5.32 Å². The lowest BCUT2D eigenvalue weighted by molar-refractivity contribution is 0.112. The van der Waals surface area contributed by atoms with Crippen molar-refractivity contribution in [1.29, 1.82) is 0 Å². The summed E-state index contributed by atoms with van der Waals surface area (Å²) in [6.45, 7) is 2.44. The molecule has 5 heteroatoms. The zero-order valence-corrected chi connectivity index (χ0v) is 10.9. The van der Waals surface area contributed by atoms with Gasteiger partial charge in [-0.25, -0.2) is 4.79 Å². The van der Waals surface area contributed by atoms with Gasteiger partial charge in [-0.15, -0.1) is 0 Å². The van der Waals surface area contributed by atoms with Crippen molar-refractivity contribution in [3.8, 4) is 0 Å². The quantitative estimate of drug-likeness (QED) is 0.816. The molecule has 0 aliphatic carbocycles. The first-order valence-electron chi connectivity index (χ1n) is 6.40. The lowest BCUT2D eigenvalue weighted by Gasteiger charge is -2.24. The van der Waals surface area contributed by atoms with E-state index in [1.165, 1.54) is 0 Å². The molecule has 0 saturated carbocycles. The van der Waals surface area contributed by atoms with Crippen molar-refractivity contribution in [3.05, 3.63) is 29.3 Å². The fraction of sp³-hybridized carbons (Fsp3) is 0.429. The van der Waals surface area contributed by atoms with E-state index in [1.54, 1.807) is 30.0 Å². The van der Waals surface area contributed by atoms with Crippen LogP contribution < -0.4 is 5.32 Å². The van der Waals surface area contributed by atoms with Gasteiger partial charge in [0.2, 0.25) is 0 Å². The number of aliphatic hydroxyl groups excluding tert-OH is 1. The number of likely N-dealkylation sites (tertiary alicyclic amines) is 1. The number of amides is 2. The van der Waals surface area contributed by atoms with Gasteiger partial charge in [-0.1, -0.05) is 12.1 Å². The van der Waals surface area contributed by atoms with Gasteiger partial charge in [0.15, 0.2) is 0 Å². The smallest absolute Gasteiger partial charge is 0.322 e. The van der Waals surface area contributed by atoms with Gasteiger partial charge in [0.05, 0.1) is 12.6 Å². The number of hydrogen-bond donors (Lipinski definition) is 2. The highest BCUT2D eigenvalue weighted by Gasteiger charge is 2.28. The predicted molar refractivity (Wildman–Crippen MR) is 72.4 cm³/mol. The second kappa shape index (κ2) is 5.84. The molecule has 2 rings (SSSR count). The minimum absolute atomic E-state index is 0.0131. The second-order valence-electron chi connectivity index (χ2n) is 4.74. The zero-order valence-electron chi connectivity index (χ0n) is 10.9. The van der Waals surface area contributed by atoms with Gasteiger partial charge >= 0.3 is 6.03 Å². The lowest BCUT2D eigenvalue weighted by Crippen LogP contribution is -2.40. The Hall–Kier alpha value is -1.88. The van der Waals surface area contributed by atoms with Crippen LogP contribution in [0.5, 0.6) is 0 Å². The van der Waals surface area contributed by atoms with Gasteiger partial charge in [-0.2, -0.15) is 0 Å². The summed E-state index contributed by atoms with van der Waals surface area (Å²) in [7, 11) is 0. The minimum Gasteiger partial charge on any atom is -0.394 e. The first-order chi connectivity index (χ1) is 9.17. The Labute approximate surface area is 112 Å². The largest absolute Gasteiger partial charge is 0.394 e. The summed E-state index contributed by atoms with van der Waals surface area (Å²) >= 11 is 0. The minimum atomic E-state index is -0.220. The fourth-order valence-electron chi connectivity index (χ4n) is 2.40. The number of aliphatic hydroxyl groups is 1. The predicted octanol–water partition coefficient (Wildman–Crippen LogP) is 1.80. The van der Waals surface area contributed by atoms with E-state index in [4.69, 9.17) is 0 Å². The van der Waals surface area contributed by atoms with Crippen LogP contribution in [0.25, 0.3) is 0 Å². The normalized spacial score (nSPS) is 18.4. The van der Waals surface area contributed by atoms with E-state index >= 15 is 0 Å². The molecule has 5 nitrogen and oxygen atoms in total. The average Bonchev–Trinajstić information content (AvgIpc) is 2.89. The van der Waals surface area contributed by atoms with Gasteiger partial charge in [0.1, 0.15) is 6.29 Å². The Morgan fingerprint density at radius 2 is 2.37 bits per heavy atom. The molecule has 0 spiro atoms. The Morgan fingerprint density at radius 3 is 3.05 bits per heavy atom. The molecule has 1 aromatic rings. The molecule has 1 saturated heterocycles. The fourth-order valence-corrected chi connectivity index (χ4v) is 2.40. The van der Waals surface area contributed by atoms with E-state index in [0.717, 1.165) is 24.7 Å². The van der Waals surface area contributed by atoms with E-state index in [-0.39, 0.29) is 18.7 Å². The molecular weight excluding hydrogens is 244 g/mol. The van der Waals surface area contributed by atoms with Crippen molar-refractivity contribution in [2.24, 2.45) is 0 Å². The number of urea groups is 1. The Bertz CT molecular complexity index is 488. The molecule has 1 atom stereocenters. The van der Waals surface area contributed by atoms with E-state index in [0.29, 0.717) is 17.8 Å². The third kappa shape index (κ3) is 2.76. The second-order valence-corrected chi connectivity index (χ2v) is 4.74. The standard InChI is InChI=1S/C14H18N2O3/c1-10-11(8-17)4-2-6-13(10)15-14(19)16-7-3-5-12(16)9-18/h2,4,6,8,12,18H,3,5,7,9H2,1H3,(H,15,19)/t12-/m0/s1. The Balaban J connectivity index is 2.13. The van der Waals surface area contributed by atoms with Crippen LogP contribution in [-0.4, -0.2) is 41.5 Å². The van der Waals surface area contributed by atoms with Crippen molar-refractivity contribution in [3.63, 3.8) is 0 Å². The number of nitrogens with zero attached hydrogens (tertiary/aromatic N) is 1. The first-order valence-corrected chi connectivity index (χ1v) is 6.40.